The Morgan fingerprint density at radius 2 is 1.73 bits per heavy atom. The van der Waals surface area contributed by atoms with Gasteiger partial charge >= 0.3 is 0 Å². The molecule has 1 aliphatic carbocycles. The van der Waals surface area contributed by atoms with Gasteiger partial charge in [-0.3, -0.25) is 9.59 Å². The van der Waals surface area contributed by atoms with Crippen molar-refractivity contribution >= 4 is 11.7 Å². The van der Waals surface area contributed by atoms with Crippen LogP contribution < -0.4 is 14.8 Å². The fraction of sp³-hybridized carbons (Fsp3) is 0.407. The van der Waals surface area contributed by atoms with E-state index in [9.17, 15) is 14.7 Å². The highest BCUT2D eigenvalue weighted by Gasteiger charge is 2.38. The van der Waals surface area contributed by atoms with Crippen molar-refractivity contribution in [1.82, 2.24) is 5.32 Å². The summed E-state index contributed by atoms with van der Waals surface area (Å²) in [5.41, 5.74) is 3.25. The number of Topliss-reactive ketones (excluding diaryl/α,β-unsaturated/α-hetero) is 1. The first-order valence-corrected chi connectivity index (χ1v) is 11.6. The second-order valence-electron chi connectivity index (χ2n) is 9.16. The third kappa shape index (κ3) is 5.05. The second-order valence-corrected chi connectivity index (χ2v) is 9.16. The molecule has 2 N–H and O–H groups in total. The van der Waals surface area contributed by atoms with Gasteiger partial charge in [-0.05, 0) is 60.6 Å². The molecule has 4 rings (SSSR count). The van der Waals surface area contributed by atoms with Gasteiger partial charge in [-0.2, -0.15) is 0 Å². The minimum Gasteiger partial charge on any atom is -0.504 e. The number of benzene rings is 2. The maximum absolute atomic E-state index is 13.3. The summed E-state index contributed by atoms with van der Waals surface area (Å²) in [5, 5.41) is 13.0. The summed E-state index contributed by atoms with van der Waals surface area (Å²) in [7, 11) is 0. The molecule has 33 heavy (non-hydrogen) atoms. The van der Waals surface area contributed by atoms with Gasteiger partial charge in [0.05, 0.1) is 13.2 Å². The van der Waals surface area contributed by atoms with Gasteiger partial charge in [0.2, 0.25) is 5.91 Å². The lowest BCUT2D eigenvalue weighted by Gasteiger charge is -2.34. The number of phenols is 1. The topological polar surface area (TPSA) is 84.9 Å². The van der Waals surface area contributed by atoms with E-state index in [2.05, 4.69) is 19.2 Å². The van der Waals surface area contributed by atoms with E-state index in [0.29, 0.717) is 49.0 Å². The van der Waals surface area contributed by atoms with E-state index < -0.39 is 0 Å². The average Bonchev–Trinajstić information content (AvgIpc) is 2.78. The molecule has 0 aromatic heterocycles. The number of ether oxygens (including phenoxy) is 2. The van der Waals surface area contributed by atoms with E-state index in [1.54, 1.807) is 18.2 Å². The number of nitrogens with one attached hydrogen (secondary N) is 1. The van der Waals surface area contributed by atoms with Crippen molar-refractivity contribution in [3.8, 4) is 17.2 Å². The molecule has 2 aliphatic rings. The molecule has 6 heteroatoms. The third-order valence-corrected chi connectivity index (χ3v) is 6.16. The molecular formula is C27H31NO5. The Morgan fingerprint density at radius 3 is 2.42 bits per heavy atom. The van der Waals surface area contributed by atoms with Crippen molar-refractivity contribution in [3.63, 3.8) is 0 Å². The smallest absolute Gasteiger partial charge is 0.225 e. The van der Waals surface area contributed by atoms with E-state index in [0.717, 1.165) is 16.9 Å². The molecule has 0 spiro atoms. The number of amides is 1. The summed E-state index contributed by atoms with van der Waals surface area (Å²) >= 11 is 0. The minimum absolute atomic E-state index is 0.00764. The van der Waals surface area contributed by atoms with Crippen molar-refractivity contribution in [2.75, 3.05) is 13.2 Å². The number of carbonyl (C=O) groups is 2. The van der Waals surface area contributed by atoms with E-state index in [1.165, 1.54) is 0 Å². The fourth-order valence-corrected chi connectivity index (χ4v) is 4.60. The Hall–Kier alpha value is -3.28. The lowest BCUT2D eigenvalue weighted by molar-refractivity contribution is -0.122. The van der Waals surface area contributed by atoms with Crippen LogP contribution in [0.2, 0.25) is 0 Å². The maximum Gasteiger partial charge on any atom is 0.225 e. The van der Waals surface area contributed by atoms with Gasteiger partial charge in [-0.25, -0.2) is 0 Å². The van der Waals surface area contributed by atoms with Crippen LogP contribution in [-0.4, -0.2) is 30.0 Å². The average molecular weight is 450 g/mol. The zero-order chi connectivity index (χ0) is 23.5. The SMILES string of the molecule is CCOc1cc(C2CC(=O)NC3=C2C(=O)CC(c2ccc(OCC(C)C)cc2)C3)ccc1O. The summed E-state index contributed by atoms with van der Waals surface area (Å²) in [6, 6.07) is 13.0. The molecule has 1 amide bonds. The lowest BCUT2D eigenvalue weighted by Crippen LogP contribution is -2.38. The van der Waals surface area contributed by atoms with Crippen LogP contribution in [0.3, 0.4) is 0 Å². The highest BCUT2D eigenvalue weighted by Crippen LogP contribution is 2.44. The maximum atomic E-state index is 13.3. The predicted molar refractivity (Wildman–Crippen MR) is 126 cm³/mol. The molecule has 0 saturated carbocycles. The zero-order valence-electron chi connectivity index (χ0n) is 19.4. The quantitative estimate of drug-likeness (QED) is 0.632. The number of hydrogen-bond donors (Lipinski definition) is 2. The molecule has 0 fully saturated rings. The molecule has 1 heterocycles. The minimum atomic E-state index is -0.339. The van der Waals surface area contributed by atoms with Gasteiger partial charge in [0.1, 0.15) is 5.75 Å². The number of hydrogen-bond acceptors (Lipinski definition) is 5. The molecule has 2 aromatic carbocycles. The molecular weight excluding hydrogens is 418 g/mol. The van der Waals surface area contributed by atoms with Crippen LogP contribution in [0.15, 0.2) is 53.7 Å². The van der Waals surface area contributed by atoms with Crippen LogP contribution in [0.5, 0.6) is 17.2 Å². The molecule has 174 valence electrons. The predicted octanol–water partition coefficient (Wildman–Crippen LogP) is 4.83. The summed E-state index contributed by atoms with van der Waals surface area (Å²) in [6.45, 7) is 7.13. The Morgan fingerprint density at radius 1 is 1.00 bits per heavy atom. The Bertz CT molecular complexity index is 1070. The van der Waals surface area contributed by atoms with Crippen molar-refractivity contribution < 1.29 is 24.2 Å². The Balaban J connectivity index is 1.59. The van der Waals surface area contributed by atoms with Crippen molar-refractivity contribution in [3.05, 3.63) is 64.9 Å². The first-order valence-electron chi connectivity index (χ1n) is 11.6. The van der Waals surface area contributed by atoms with E-state index in [1.807, 2.05) is 31.2 Å². The van der Waals surface area contributed by atoms with Crippen molar-refractivity contribution in [1.29, 1.82) is 0 Å². The summed E-state index contributed by atoms with van der Waals surface area (Å²) in [6.07, 6.45) is 1.20. The molecule has 0 bridgehead atoms. The van der Waals surface area contributed by atoms with E-state index >= 15 is 0 Å². The van der Waals surface area contributed by atoms with Crippen LogP contribution in [0, 0.1) is 5.92 Å². The number of carbonyl (C=O) groups excluding carboxylic acids is 2. The van der Waals surface area contributed by atoms with Gasteiger partial charge in [0.15, 0.2) is 17.3 Å². The normalized spacial score (nSPS) is 20.5. The number of ketones is 1. The summed E-state index contributed by atoms with van der Waals surface area (Å²) in [5.74, 6) is 1.30. The van der Waals surface area contributed by atoms with Crippen LogP contribution in [0.4, 0.5) is 0 Å². The lowest BCUT2D eigenvalue weighted by atomic mass is 9.73. The molecule has 6 nitrogen and oxygen atoms in total. The van der Waals surface area contributed by atoms with Gasteiger partial charge in [-0.1, -0.05) is 32.0 Å². The standard InChI is InChI=1S/C27H31NO5/c1-4-32-25-13-18(7-10-23(25)29)21-14-26(31)28-22-11-19(12-24(30)27(21)22)17-5-8-20(9-6-17)33-15-16(2)3/h5-10,13,16,19,21,29H,4,11-12,14-15H2,1-3H3,(H,28,31). The van der Waals surface area contributed by atoms with E-state index in [-0.39, 0.29) is 35.7 Å². The molecule has 2 aromatic rings. The van der Waals surface area contributed by atoms with Crippen LogP contribution in [-0.2, 0) is 9.59 Å². The van der Waals surface area contributed by atoms with Gasteiger partial charge in [0, 0.05) is 30.0 Å². The third-order valence-electron chi connectivity index (χ3n) is 6.16. The molecule has 0 radical (unpaired) electrons. The van der Waals surface area contributed by atoms with Crippen molar-refractivity contribution in [2.45, 2.75) is 51.9 Å². The second kappa shape index (κ2) is 9.69. The largest absolute Gasteiger partial charge is 0.504 e. The van der Waals surface area contributed by atoms with Crippen LogP contribution in [0.25, 0.3) is 0 Å². The molecule has 2 unspecified atom stereocenters. The van der Waals surface area contributed by atoms with Crippen molar-refractivity contribution in [2.24, 2.45) is 5.92 Å². The number of allylic oxidation sites excluding steroid dienone is 2. The van der Waals surface area contributed by atoms with Crippen LogP contribution >= 0.6 is 0 Å². The first-order chi connectivity index (χ1) is 15.9. The van der Waals surface area contributed by atoms with Gasteiger partial charge in [0.25, 0.3) is 0 Å². The first kappa shape index (κ1) is 22.9. The monoisotopic (exact) mass is 449 g/mol. The summed E-state index contributed by atoms with van der Waals surface area (Å²) in [4.78, 5) is 25.9. The molecule has 2 atom stereocenters. The molecule has 0 saturated heterocycles. The Kier molecular flexibility index (Phi) is 6.72. The highest BCUT2D eigenvalue weighted by molar-refractivity contribution is 6.02. The number of rotatable bonds is 7. The van der Waals surface area contributed by atoms with Gasteiger partial charge < -0.3 is 19.9 Å². The van der Waals surface area contributed by atoms with E-state index in [4.69, 9.17) is 9.47 Å². The molecule has 1 aliphatic heterocycles. The zero-order valence-corrected chi connectivity index (χ0v) is 19.4. The van der Waals surface area contributed by atoms with Crippen LogP contribution in [0.1, 0.15) is 63.0 Å². The number of aromatic hydroxyl groups is 1. The summed E-state index contributed by atoms with van der Waals surface area (Å²) < 4.78 is 11.3. The Labute approximate surface area is 194 Å². The van der Waals surface area contributed by atoms with Gasteiger partial charge in [-0.15, -0.1) is 0 Å². The highest BCUT2D eigenvalue weighted by atomic mass is 16.5. The number of phenolic OH excluding ortho intramolecular Hbond substituents is 1. The fourth-order valence-electron chi connectivity index (χ4n) is 4.60.